The van der Waals surface area contributed by atoms with E-state index in [1.54, 1.807) is 29.2 Å². The molecule has 2 aromatic rings. The molecule has 0 spiro atoms. The number of nitrogens with one attached hydrogen (secondary N) is 1. The van der Waals surface area contributed by atoms with Crippen LogP contribution in [0.1, 0.15) is 13.3 Å². The third kappa shape index (κ3) is 4.36. The van der Waals surface area contributed by atoms with Gasteiger partial charge in [-0.15, -0.1) is 0 Å². The molecule has 3 N–H and O–H groups in total. The van der Waals surface area contributed by atoms with E-state index in [2.05, 4.69) is 10.3 Å². The van der Waals surface area contributed by atoms with Crippen LogP contribution in [0, 0.1) is 11.6 Å². The summed E-state index contributed by atoms with van der Waals surface area (Å²) < 4.78 is 26.8. The maximum atomic E-state index is 13.4. The normalized spacial score (nSPS) is 15.0. The summed E-state index contributed by atoms with van der Waals surface area (Å²) in [5, 5.41) is 3.13. The van der Waals surface area contributed by atoms with Gasteiger partial charge in [0.1, 0.15) is 17.5 Å². The number of carbonyl (C=O) groups excluding carboxylic acids is 1. The van der Waals surface area contributed by atoms with Crippen LogP contribution in [0.15, 0.2) is 58.7 Å². The summed E-state index contributed by atoms with van der Waals surface area (Å²) in [5.41, 5.74) is 9.70. The first-order valence-electron chi connectivity index (χ1n) is 8.93. The average Bonchev–Trinajstić information content (AvgIpc) is 2.67. The number of amidine groups is 1. The Bertz CT molecular complexity index is 931. The lowest BCUT2D eigenvalue weighted by Crippen LogP contribution is -2.40. The molecular formula is C21H22F2N4O. The fourth-order valence-electron chi connectivity index (χ4n) is 3.20. The molecule has 0 saturated carbocycles. The Labute approximate surface area is 162 Å². The first kappa shape index (κ1) is 19.5. The minimum absolute atomic E-state index is 0.00729. The highest BCUT2D eigenvalue weighted by molar-refractivity contribution is 6.00. The molecule has 1 amide bonds. The Morgan fingerprint density at radius 3 is 2.32 bits per heavy atom. The number of carbonyl (C=O) groups is 1. The van der Waals surface area contributed by atoms with Crippen LogP contribution in [0.25, 0.3) is 11.1 Å². The number of nitrogens with zero attached hydrogens (tertiary/aromatic N) is 2. The van der Waals surface area contributed by atoms with Gasteiger partial charge in [0, 0.05) is 44.3 Å². The third-order valence-corrected chi connectivity index (χ3v) is 4.71. The Morgan fingerprint density at radius 2 is 1.75 bits per heavy atom. The Morgan fingerprint density at radius 1 is 1.11 bits per heavy atom. The van der Waals surface area contributed by atoms with Gasteiger partial charge in [0.15, 0.2) is 0 Å². The quantitative estimate of drug-likeness (QED) is 0.627. The minimum Gasteiger partial charge on any atom is -0.391 e. The number of halogens is 2. The van der Waals surface area contributed by atoms with E-state index in [0.29, 0.717) is 42.2 Å². The Hall–Kier alpha value is -3.22. The number of rotatable bonds is 4. The Balaban J connectivity index is 1.86. The van der Waals surface area contributed by atoms with Crippen molar-refractivity contribution in [3.63, 3.8) is 0 Å². The number of benzene rings is 2. The summed E-state index contributed by atoms with van der Waals surface area (Å²) >= 11 is 0. The minimum atomic E-state index is -0.625. The maximum absolute atomic E-state index is 13.4. The molecule has 1 aliphatic heterocycles. The van der Waals surface area contributed by atoms with E-state index >= 15 is 0 Å². The standard InChI is InChI=1S/C21H22F2N4O/c1-13(28)27-8-7-20(25-2)19(12-27)21(24)26-18-5-3-14(4-6-18)15-9-16(22)11-17(23)10-15/h3-6,9-11,25H,7-8,12H2,1-2H3,(H2,24,26). The van der Waals surface area contributed by atoms with Crippen molar-refractivity contribution in [1.29, 1.82) is 0 Å². The molecule has 1 aliphatic rings. The lowest BCUT2D eigenvalue weighted by atomic mass is 10.0. The van der Waals surface area contributed by atoms with E-state index in [-0.39, 0.29) is 5.91 Å². The summed E-state index contributed by atoms with van der Waals surface area (Å²) in [4.78, 5) is 17.9. The van der Waals surface area contributed by atoms with Gasteiger partial charge in [-0.05, 0) is 35.4 Å². The van der Waals surface area contributed by atoms with Gasteiger partial charge in [-0.3, -0.25) is 4.79 Å². The predicted octanol–water partition coefficient (Wildman–Crippen LogP) is 3.35. The molecule has 2 aromatic carbocycles. The zero-order valence-electron chi connectivity index (χ0n) is 15.8. The van der Waals surface area contributed by atoms with E-state index < -0.39 is 11.6 Å². The first-order chi connectivity index (χ1) is 13.4. The summed E-state index contributed by atoms with van der Waals surface area (Å²) in [6.45, 7) is 2.58. The lowest BCUT2D eigenvalue weighted by Gasteiger charge is -2.29. The third-order valence-electron chi connectivity index (χ3n) is 4.71. The number of hydrogen-bond acceptors (Lipinski definition) is 3. The van der Waals surface area contributed by atoms with E-state index in [9.17, 15) is 13.6 Å². The number of nitrogens with two attached hydrogens (primary N) is 1. The molecule has 0 fully saturated rings. The molecule has 0 unspecified atom stereocenters. The van der Waals surface area contributed by atoms with Gasteiger partial charge in [0.2, 0.25) is 5.91 Å². The Kier molecular flexibility index (Phi) is 5.73. The van der Waals surface area contributed by atoms with Gasteiger partial charge in [-0.25, -0.2) is 13.8 Å². The van der Waals surface area contributed by atoms with Crippen molar-refractivity contribution in [3.8, 4) is 11.1 Å². The monoisotopic (exact) mass is 384 g/mol. The van der Waals surface area contributed by atoms with Gasteiger partial charge in [-0.1, -0.05) is 12.1 Å². The molecule has 0 bridgehead atoms. The van der Waals surface area contributed by atoms with Crippen LogP contribution >= 0.6 is 0 Å². The molecule has 3 rings (SSSR count). The summed E-state index contributed by atoms with van der Waals surface area (Å²) in [5.74, 6) is -0.924. The molecule has 5 nitrogen and oxygen atoms in total. The van der Waals surface area contributed by atoms with Crippen molar-refractivity contribution in [1.82, 2.24) is 10.2 Å². The molecule has 146 valence electrons. The van der Waals surface area contributed by atoms with Gasteiger partial charge in [0.05, 0.1) is 12.2 Å². The molecule has 7 heteroatoms. The molecule has 0 radical (unpaired) electrons. The second kappa shape index (κ2) is 8.21. The van der Waals surface area contributed by atoms with E-state index in [4.69, 9.17) is 5.73 Å². The van der Waals surface area contributed by atoms with E-state index in [1.165, 1.54) is 19.1 Å². The fourth-order valence-corrected chi connectivity index (χ4v) is 3.20. The number of amides is 1. The van der Waals surface area contributed by atoms with E-state index in [0.717, 1.165) is 17.3 Å². The van der Waals surface area contributed by atoms with Gasteiger partial charge >= 0.3 is 0 Å². The van der Waals surface area contributed by atoms with Crippen LogP contribution < -0.4 is 11.1 Å². The zero-order valence-corrected chi connectivity index (χ0v) is 15.8. The smallest absolute Gasteiger partial charge is 0.219 e. The highest BCUT2D eigenvalue weighted by atomic mass is 19.1. The van der Waals surface area contributed by atoms with E-state index in [1.807, 2.05) is 7.05 Å². The van der Waals surface area contributed by atoms with Crippen LogP contribution in [0.2, 0.25) is 0 Å². The molecule has 28 heavy (non-hydrogen) atoms. The van der Waals surface area contributed by atoms with Crippen molar-refractivity contribution in [3.05, 3.63) is 65.4 Å². The highest BCUT2D eigenvalue weighted by Gasteiger charge is 2.22. The lowest BCUT2D eigenvalue weighted by molar-refractivity contribution is -0.128. The van der Waals surface area contributed by atoms with Crippen LogP contribution in [0.4, 0.5) is 14.5 Å². The SMILES string of the molecule is CNC1=C(C(N)=Nc2ccc(-c3cc(F)cc(F)c3)cc2)CN(C(C)=O)CC1. The number of aliphatic imine (C=N–C) groups is 1. The second-order valence-electron chi connectivity index (χ2n) is 6.60. The van der Waals surface area contributed by atoms with Gasteiger partial charge in [-0.2, -0.15) is 0 Å². The second-order valence-corrected chi connectivity index (χ2v) is 6.60. The first-order valence-corrected chi connectivity index (χ1v) is 8.93. The molecule has 1 heterocycles. The molecular weight excluding hydrogens is 362 g/mol. The predicted molar refractivity (Wildman–Crippen MR) is 106 cm³/mol. The van der Waals surface area contributed by atoms with Crippen molar-refractivity contribution in [2.45, 2.75) is 13.3 Å². The van der Waals surface area contributed by atoms with Crippen LogP contribution in [0.3, 0.4) is 0 Å². The van der Waals surface area contributed by atoms with Crippen molar-refractivity contribution in [2.24, 2.45) is 10.7 Å². The fraction of sp³-hybridized carbons (Fsp3) is 0.238. The van der Waals surface area contributed by atoms with Crippen molar-refractivity contribution >= 4 is 17.4 Å². The summed E-state index contributed by atoms with van der Waals surface area (Å²) in [6, 6.07) is 10.3. The van der Waals surface area contributed by atoms with Crippen LogP contribution in [0.5, 0.6) is 0 Å². The summed E-state index contributed by atoms with van der Waals surface area (Å²) in [6.07, 6.45) is 0.686. The molecule has 0 aliphatic carbocycles. The van der Waals surface area contributed by atoms with Gasteiger partial charge < -0.3 is 16.0 Å². The highest BCUT2D eigenvalue weighted by Crippen LogP contribution is 2.25. The van der Waals surface area contributed by atoms with Crippen molar-refractivity contribution in [2.75, 3.05) is 20.1 Å². The topological polar surface area (TPSA) is 70.7 Å². The average molecular weight is 384 g/mol. The largest absolute Gasteiger partial charge is 0.391 e. The van der Waals surface area contributed by atoms with Gasteiger partial charge in [0.25, 0.3) is 0 Å². The summed E-state index contributed by atoms with van der Waals surface area (Å²) in [7, 11) is 1.82. The maximum Gasteiger partial charge on any atom is 0.219 e. The molecule has 0 saturated heterocycles. The molecule has 0 atom stereocenters. The van der Waals surface area contributed by atoms with Crippen molar-refractivity contribution < 1.29 is 13.6 Å². The zero-order chi connectivity index (χ0) is 20.3. The van der Waals surface area contributed by atoms with Crippen LogP contribution in [-0.4, -0.2) is 36.8 Å². The van der Waals surface area contributed by atoms with Crippen LogP contribution in [-0.2, 0) is 4.79 Å². The number of hydrogen-bond donors (Lipinski definition) is 2. The molecule has 0 aromatic heterocycles.